The van der Waals surface area contributed by atoms with E-state index in [-0.39, 0.29) is 11.9 Å². The number of benzene rings is 1. The molecule has 1 amide bonds. The van der Waals surface area contributed by atoms with Crippen molar-refractivity contribution in [3.05, 3.63) is 41.7 Å². The number of rotatable bonds is 5. The maximum atomic E-state index is 12.1. The molecule has 0 spiro atoms. The molecular weight excluding hydrogens is 282 g/mol. The number of anilines is 1. The zero-order valence-corrected chi connectivity index (χ0v) is 12.7. The number of methoxy groups -OCH3 is 1. The Morgan fingerprint density at radius 3 is 3.00 bits per heavy atom. The molecule has 1 saturated heterocycles. The van der Waals surface area contributed by atoms with Gasteiger partial charge < -0.3 is 14.6 Å². The first-order chi connectivity index (χ1) is 10.7. The summed E-state index contributed by atoms with van der Waals surface area (Å²) in [6, 6.07) is 9.95. The topological polar surface area (TPSA) is 67.6 Å². The minimum atomic E-state index is -0.0825. The second-order valence-electron chi connectivity index (χ2n) is 5.42. The zero-order valence-electron chi connectivity index (χ0n) is 12.7. The summed E-state index contributed by atoms with van der Waals surface area (Å²) in [6.45, 7) is 3.04. The molecule has 22 heavy (non-hydrogen) atoms. The number of nitrogens with one attached hydrogen (secondary N) is 1. The molecule has 0 radical (unpaired) electrons. The van der Waals surface area contributed by atoms with Crippen LogP contribution in [0.2, 0.25) is 0 Å². The Morgan fingerprint density at radius 2 is 2.36 bits per heavy atom. The molecule has 0 aliphatic carbocycles. The smallest absolute Gasteiger partial charge is 0.239 e. The minimum Gasteiger partial charge on any atom is -0.497 e. The normalized spacial score (nSPS) is 17.8. The molecule has 2 aromatic rings. The van der Waals surface area contributed by atoms with Crippen LogP contribution in [0, 0.1) is 6.92 Å². The molecule has 1 aromatic heterocycles. The maximum Gasteiger partial charge on any atom is 0.239 e. The molecule has 3 rings (SSSR count). The lowest BCUT2D eigenvalue weighted by atomic mass is 9.94. The van der Waals surface area contributed by atoms with Gasteiger partial charge in [-0.2, -0.15) is 0 Å². The van der Waals surface area contributed by atoms with Crippen molar-refractivity contribution in [3.8, 4) is 5.75 Å². The number of aromatic nitrogens is 1. The lowest BCUT2D eigenvalue weighted by Gasteiger charge is -2.40. The number of likely N-dealkylation sites (tertiary alicyclic amines) is 1. The quantitative estimate of drug-likeness (QED) is 0.918. The Bertz CT molecular complexity index is 668. The van der Waals surface area contributed by atoms with Crippen LogP contribution in [0.15, 0.2) is 34.9 Å². The number of amides is 1. The van der Waals surface area contributed by atoms with E-state index in [0.29, 0.717) is 18.1 Å². The molecule has 1 fully saturated rings. The standard InChI is InChI=1S/C16H19N3O3/c1-11-8-15(18-22-11)17-16(20)10-19-7-6-14(19)12-4-3-5-13(9-12)21-2/h3-5,8-9,14H,6-7,10H2,1-2H3,(H,17,18,20)/t14-/m1/s1. The van der Waals surface area contributed by atoms with E-state index in [1.165, 1.54) is 5.56 Å². The highest BCUT2D eigenvalue weighted by molar-refractivity contribution is 5.91. The summed E-state index contributed by atoms with van der Waals surface area (Å²) in [5.41, 5.74) is 1.18. The van der Waals surface area contributed by atoms with Gasteiger partial charge in [-0.15, -0.1) is 0 Å². The van der Waals surface area contributed by atoms with Gasteiger partial charge >= 0.3 is 0 Å². The lowest BCUT2D eigenvalue weighted by molar-refractivity contribution is -0.119. The zero-order chi connectivity index (χ0) is 15.5. The fraction of sp³-hybridized carbons (Fsp3) is 0.375. The molecule has 1 N–H and O–H groups in total. The molecule has 1 atom stereocenters. The summed E-state index contributed by atoms with van der Waals surface area (Å²) in [4.78, 5) is 14.2. The summed E-state index contributed by atoms with van der Waals surface area (Å²) in [5.74, 6) is 1.89. The molecular formula is C16H19N3O3. The Hall–Kier alpha value is -2.34. The van der Waals surface area contributed by atoms with Crippen LogP contribution in [-0.4, -0.2) is 36.2 Å². The van der Waals surface area contributed by atoms with Crippen molar-refractivity contribution in [1.29, 1.82) is 0 Å². The molecule has 6 nitrogen and oxygen atoms in total. The number of carbonyl (C=O) groups is 1. The van der Waals surface area contributed by atoms with Crippen molar-refractivity contribution in [3.63, 3.8) is 0 Å². The second-order valence-corrected chi connectivity index (χ2v) is 5.42. The molecule has 0 bridgehead atoms. The van der Waals surface area contributed by atoms with Crippen LogP contribution in [-0.2, 0) is 4.79 Å². The summed E-state index contributed by atoms with van der Waals surface area (Å²) < 4.78 is 10.2. The van der Waals surface area contributed by atoms with Crippen molar-refractivity contribution < 1.29 is 14.1 Å². The Kier molecular flexibility index (Phi) is 4.11. The number of hydrogen-bond donors (Lipinski definition) is 1. The van der Waals surface area contributed by atoms with Gasteiger partial charge in [-0.3, -0.25) is 9.69 Å². The average molecular weight is 301 g/mol. The number of ether oxygens (including phenoxy) is 1. The van der Waals surface area contributed by atoms with Crippen LogP contribution < -0.4 is 10.1 Å². The van der Waals surface area contributed by atoms with Gasteiger partial charge in [0, 0.05) is 18.7 Å². The highest BCUT2D eigenvalue weighted by Crippen LogP contribution is 2.34. The Labute approximate surface area is 129 Å². The van der Waals surface area contributed by atoms with Crippen LogP contribution in [0.1, 0.15) is 23.8 Å². The van der Waals surface area contributed by atoms with Crippen molar-refractivity contribution in [1.82, 2.24) is 10.1 Å². The molecule has 2 heterocycles. The highest BCUT2D eigenvalue weighted by Gasteiger charge is 2.31. The van der Waals surface area contributed by atoms with E-state index in [1.807, 2.05) is 18.2 Å². The van der Waals surface area contributed by atoms with Gasteiger partial charge in [0.25, 0.3) is 0 Å². The van der Waals surface area contributed by atoms with Gasteiger partial charge in [0.1, 0.15) is 11.5 Å². The van der Waals surface area contributed by atoms with E-state index in [1.54, 1.807) is 20.1 Å². The SMILES string of the molecule is COc1cccc([C@H]2CCN2CC(=O)Nc2cc(C)on2)c1. The summed E-state index contributed by atoms with van der Waals surface area (Å²) in [6.07, 6.45) is 1.05. The monoisotopic (exact) mass is 301 g/mol. The van der Waals surface area contributed by atoms with Gasteiger partial charge in [-0.05, 0) is 31.0 Å². The van der Waals surface area contributed by atoms with Gasteiger partial charge in [0.2, 0.25) is 5.91 Å². The maximum absolute atomic E-state index is 12.1. The number of carbonyl (C=O) groups excluding carboxylic acids is 1. The van der Waals surface area contributed by atoms with E-state index >= 15 is 0 Å². The predicted octanol–water partition coefficient (Wildman–Crippen LogP) is 2.38. The van der Waals surface area contributed by atoms with Crippen LogP contribution in [0.5, 0.6) is 5.75 Å². The fourth-order valence-corrected chi connectivity index (χ4v) is 2.65. The molecule has 1 aromatic carbocycles. The summed E-state index contributed by atoms with van der Waals surface area (Å²) in [5, 5.41) is 6.51. The van der Waals surface area contributed by atoms with Crippen molar-refractivity contribution in [2.75, 3.05) is 25.5 Å². The van der Waals surface area contributed by atoms with Gasteiger partial charge in [-0.25, -0.2) is 0 Å². The van der Waals surface area contributed by atoms with Gasteiger partial charge in [0.05, 0.1) is 13.7 Å². The summed E-state index contributed by atoms with van der Waals surface area (Å²) >= 11 is 0. The first-order valence-electron chi connectivity index (χ1n) is 7.27. The minimum absolute atomic E-state index is 0.0825. The van der Waals surface area contributed by atoms with Crippen molar-refractivity contribution >= 4 is 11.7 Å². The fourth-order valence-electron chi connectivity index (χ4n) is 2.65. The average Bonchev–Trinajstić information content (AvgIpc) is 2.89. The Balaban J connectivity index is 1.59. The van der Waals surface area contributed by atoms with Crippen LogP contribution >= 0.6 is 0 Å². The molecule has 1 aliphatic rings. The third-order valence-electron chi connectivity index (χ3n) is 3.85. The molecule has 0 unspecified atom stereocenters. The van der Waals surface area contributed by atoms with Gasteiger partial charge in [0.15, 0.2) is 5.82 Å². The molecule has 116 valence electrons. The molecule has 0 saturated carbocycles. The van der Waals surface area contributed by atoms with Crippen LogP contribution in [0.25, 0.3) is 0 Å². The van der Waals surface area contributed by atoms with E-state index in [2.05, 4.69) is 21.4 Å². The summed E-state index contributed by atoms with van der Waals surface area (Å²) in [7, 11) is 1.66. The first kappa shape index (κ1) is 14.6. The van der Waals surface area contributed by atoms with E-state index in [9.17, 15) is 4.79 Å². The largest absolute Gasteiger partial charge is 0.497 e. The van der Waals surface area contributed by atoms with E-state index < -0.39 is 0 Å². The van der Waals surface area contributed by atoms with Crippen LogP contribution in [0.3, 0.4) is 0 Å². The third kappa shape index (κ3) is 3.12. The first-order valence-corrected chi connectivity index (χ1v) is 7.27. The van der Waals surface area contributed by atoms with Gasteiger partial charge in [-0.1, -0.05) is 17.3 Å². The molecule has 1 aliphatic heterocycles. The molecule has 6 heteroatoms. The second kappa shape index (κ2) is 6.19. The Morgan fingerprint density at radius 1 is 1.50 bits per heavy atom. The van der Waals surface area contributed by atoms with E-state index in [0.717, 1.165) is 18.7 Å². The van der Waals surface area contributed by atoms with Crippen molar-refractivity contribution in [2.45, 2.75) is 19.4 Å². The number of hydrogen-bond acceptors (Lipinski definition) is 5. The highest BCUT2D eigenvalue weighted by atomic mass is 16.5. The number of nitrogens with zero attached hydrogens (tertiary/aromatic N) is 2. The third-order valence-corrected chi connectivity index (χ3v) is 3.85. The van der Waals surface area contributed by atoms with E-state index in [4.69, 9.17) is 9.26 Å². The predicted molar refractivity (Wildman–Crippen MR) is 81.8 cm³/mol. The van der Waals surface area contributed by atoms with Crippen molar-refractivity contribution in [2.24, 2.45) is 0 Å². The lowest BCUT2D eigenvalue weighted by Crippen LogP contribution is -2.45. The van der Waals surface area contributed by atoms with Crippen LogP contribution in [0.4, 0.5) is 5.82 Å². The number of aryl methyl sites for hydroxylation is 1.